The first-order valence-electron chi connectivity index (χ1n) is 5.99. The number of carbonyl (C=O) groups is 2. The van der Waals surface area contributed by atoms with Crippen LogP contribution in [0.2, 0.25) is 5.02 Å². The number of benzene rings is 2. The Morgan fingerprint density at radius 3 is 2.43 bits per heavy atom. The third-order valence-electron chi connectivity index (χ3n) is 2.89. The molecule has 0 spiro atoms. The van der Waals surface area contributed by atoms with E-state index < -0.39 is 5.97 Å². The standard InChI is InChI=1S/C15H11BrClNO3/c1-8-6-9(16)2-4-11(8)14(19)18-13-7-10(17)3-5-12(13)15(20)21/h2-7H,1H3,(H,18,19)(H,20,21). The molecule has 6 heteroatoms. The Morgan fingerprint density at radius 1 is 1.14 bits per heavy atom. The van der Waals surface area contributed by atoms with Gasteiger partial charge in [0.15, 0.2) is 0 Å². The van der Waals surface area contributed by atoms with E-state index in [4.69, 9.17) is 16.7 Å². The van der Waals surface area contributed by atoms with E-state index in [2.05, 4.69) is 21.2 Å². The fourth-order valence-electron chi connectivity index (χ4n) is 1.88. The van der Waals surface area contributed by atoms with E-state index in [0.717, 1.165) is 10.0 Å². The quantitative estimate of drug-likeness (QED) is 0.846. The van der Waals surface area contributed by atoms with Crippen LogP contribution in [-0.4, -0.2) is 17.0 Å². The van der Waals surface area contributed by atoms with Crippen LogP contribution >= 0.6 is 27.5 Å². The van der Waals surface area contributed by atoms with Crippen molar-refractivity contribution in [1.82, 2.24) is 0 Å². The highest BCUT2D eigenvalue weighted by Gasteiger charge is 2.15. The summed E-state index contributed by atoms with van der Waals surface area (Å²) in [5, 5.41) is 12.1. The van der Waals surface area contributed by atoms with Crippen molar-refractivity contribution in [3.05, 3.63) is 62.6 Å². The number of halogens is 2. The van der Waals surface area contributed by atoms with Crippen LogP contribution in [0.4, 0.5) is 5.69 Å². The minimum absolute atomic E-state index is 0.0116. The maximum atomic E-state index is 12.3. The molecule has 0 heterocycles. The smallest absolute Gasteiger partial charge is 0.337 e. The third-order valence-corrected chi connectivity index (χ3v) is 3.62. The van der Waals surface area contributed by atoms with E-state index in [0.29, 0.717) is 10.6 Å². The summed E-state index contributed by atoms with van der Waals surface area (Å²) in [5.41, 5.74) is 1.40. The van der Waals surface area contributed by atoms with Gasteiger partial charge in [-0.2, -0.15) is 0 Å². The molecule has 0 atom stereocenters. The van der Waals surface area contributed by atoms with E-state index in [9.17, 15) is 9.59 Å². The molecule has 0 bridgehead atoms. The fourth-order valence-corrected chi connectivity index (χ4v) is 2.53. The van der Waals surface area contributed by atoms with Gasteiger partial charge in [-0.25, -0.2) is 4.79 Å². The summed E-state index contributed by atoms with van der Waals surface area (Å²) in [7, 11) is 0. The van der Waals surface area contributed by atoms with Crippen LogP contribution in [0.25, 0.3) is 0 Å². The molecule has 108 valence electrons. The number of amides is 1. The Labute approximate surface area is 134 Å². The Hall–Kier alpha value is -1.85. The highest BCUT2D eigenvalue weighted by atomic mass is 79.9. The fraction of sp³-hybridized carbons (Fsp3) is 0.0667. The van der Waals surface area contributed by atoms with Crippen LogP contribution in [0.5, 0.6) is 0 Å². The third kappa shape index (κ3) is 3.62. The lowest BCUT2D eigenvalue weighted by Gasteiger charge is -2.10. The van der Waals surface area contributed by atoms with Gasteiger partial charge in [-0.3, -0.25) is 4.79 Å². The maximum absolute atomic E-state index is 12.3. The molecule has 0 aliphatic rings. The summed E-state index contributed by atoms with van der Waals surface area (Å²) in [6.45, 7) is 1.80. The average molecular weight is 369 g/mol. The molecule has 0 saturated carbocycles. The molecular formula is C15H11BrClNO3. The molecule has 21 heavy (non-hydrogen) atoms. The summed E-state index contributed by atoms with van der Waals surface area (Å²) >= 11 is 9.18. The highest BCUT2D eigenvalue weighted by Crippen LogP contribution is 2.23. The minimum atomic E-state index is -1.13. The number of anilines is 1. The van der Waals surface area contributed by atoms with Crippen molar-refractivity contribution < 1.29 is 14.7 Å². The second-order valence-corrected chi connectivity index (χ2v) is 5.76. The lowest BCUT2D eigenvalue weighted by Crippen LogP contribution is -2.16. The van der Waals surface area contributed by atoms with Gasteiger partial charge in [0.25, 0.3) is 5.91 Å². The molecule has 1 amide bonds. The van der Waals surface area contributed by atoms with Crippen molar-refractivity contribution >= 4 is 45.1 Å². The number of aromatic carboxylic acids is 1. The number of hydrogen-bond donors (Lipinski definition) is 2. The Kier molecular flexibility index (Phi) is 4.65. The number of nitrogens with one attached hydrogen (secondary N) is 1. The molecule has 0 radical (unpaired) electrons. The Bertz CT molecular complexity index is 731. The van der Waals surface area contributed by atoms with Crippen LogP contribution in [-0.2, 0) is 0 Å². The number of aryl methyl sites for hydroxylation is 1. The number of rotatable bonds is 3. The van der Waals surface area contributed by atoms with Gasteiger partial charge in [0.05, 0.1) is 11.3 Å². The molecule has 0 saturated heterocycles. The molecule has 0 fully saturated rings. The first-order chi connectivity index (χ1) is 9.88. The normalized spacial score (nSPS) is 10.2. The largest absolute Gasteiger partial charge is 0.478 e. The lowest BCUT2D eigenvalue weighted by atomic mass is 10.1. The van der Waals surface area contributed by atoms with E-state index >= 15 is 0 Å². The van der Waals surface area contributed by atoms with Gasteiger partial charge in [-0.1, -0.05) is 27.5 Å². The Balaban J connectivity index is 2.35. The Morgan fingerprint density at radius 2 is 1.81 bits per heavy atom. The van der Waals surface area contributed by atoms with Gasteiger partial charge >= 0.3 is 5.97 Å². The molecule has 2 aromatic rings. The zero-order chi connectivity index (χ0) is 15.6. The zero-order valence-corrected chi connectivity index (χ0v) is 13.3. The predicted molar refractivity (Wildman–Crippen MR) is 85.2 cm³/mol. The number of carboxylic acid groups (broad SMARTS) is 1. The topological polar surface area (TPSA) is 66.4 Å². The second-order valence-electron chi connectivity index (χ2n) is 4.41. The predicted octanol–water partition coefficient (Wildman–Crippen LogP) is 4.36. The first-order valence-corrected chi connectivity index (χ1v) is 7.16. The van der Waals surface area contributed by atoms with Gasteiger partial charge in [0.2, 0.25) is 0 Å². The van der Waals surface area contributed by atoms with Gasteiger partial charge < -0.3 is 10.4 Å². The van der Waals surface area contributed by atoms with Crippen molar-refractivity contribution in [3.8, 4) is 0 Å². The van der Waals surface area contributed by atoms with Gasteiger partial charge in [0, 0.05) is 15.1 Å². The van der Waals surface area contributed by atoms with E-state index in [1.165, 1.54) is 18.2 Å². The molecule has 0 aromatic heterocycles. The van der Waals surface area contributed by atoms with Crippen LogP contribution in [0, 0.1) is 6.92 Å². The van der Waals surface area contributed by atoms with Crippen molar-refractivity contribution in [1.29, 1.82) is 0 Å². The lowest BCUT2D eigenvalue weighted by molar-refractivity contribution is 0.0698. The summed E-state index contributed by atoms with van der Waals surface area (Å²) in [6.07, 6.45) is 0. The molecule has 0 aliphatic carbocycles. The van der Waals surface area contributed by atoms with Crippen LogP contribution in [0.1, 0.15) is 26.3 Å². The minimum Gasteiger partial charge on any atom is -0.478 e. The van der Waals surface area contributed by atoms with Crippen molar-refractivity contribution in [2.75, 3.05) is 5.32 Å². The average Bonchev–Trinajstić information content (AvgIpc) is 2.37. The van der Waals surface area contributed by atoms with E-state index in [-0.39, 0.29) is 17.2 Å². The molecule has 2 rings (SSSR count). The maximum Gasteiger partial charge on any atom is 0.337 e. The van der Waals surface area contributed by atoms with Gasteiger partial charge in [-0.15, -0.1) is 0 Å². The SMILES string of the molecule is Cc1cc(Br)ccc1C(=O)Nc1cc(Cl)ccc1C(=O)O. The zero-order valence-electron chi connectivity index (χ0n) is 11.0. The summed E-state index contributed by atoms with van der Waals surface area (Å²) in [5.74, 6) is -1.51. The number of hydrogen-bond acceptors (Lipinski definition) is 2. The van der Waals surface area contributed by atoms with Crippen molar-refractivity contribution in [2.45, 2.75) is 6.92 Å². The number of carboxylic acids is 1. The van der Waals surface area contributed by atoms with Gasteiger partial charge in [0.1, 0.15) is 0 Å². The summed E-state index contributed by atoms with van der Waals surface area (Å²) in [6, 6.07) is 9.46. The molecule has 0 unspecified atom stereocenters. The monoisotopic (exact) mass is 367 g/mol. The first kappa shape index (κ1) is 15.5. The van der Waals surface area contributed by atoms with Crippen LogP contribution in [0.15, 0.2) is 40.9 Å². The molecule has 2 aromatic carbocycles. The van der Waals surface area contributed by atoms with Crippen molar-refractivity contribution in [2.24, 2.45) is 0 Å². The number of carbonyl (C=O) groups excluding carboxylic acids is 1. The van der Waals surface area contributed by atoms with E-state index in [1.807, 2.05) is 6.07 Å². The molecule has 0 aliphatic heterocycles. The summed E-state index contributed by atoms with van der Waals surface area (Å²) < 4.78 is 0.866. The van der Waals surface area contributed by atoms with E-state index in [1.54, 1.807) is 19.1 Å². The molecular weight excluding hydrogens is 358 g/mol. The molecule has 4 nitrogen and oxygen atoms in total. The summed E-state index contributed by atoms with van der Waals surface area (Å²) in [4.78, 5) is 23.4. The highest BCUT2D eigenvalue weighted by molar-refractivity contribution is 9.10. The van der Waals surface area contributed by atoms with Crippen LogP contribution in [0.3, 0.4) is 0 Å². The molecule has 2 N–H and O–H groups in total. The van der Waals surface area contributed by atoms with Crippen LogP contribution < -0.4 is 5.32 Å². The van der Waals surface area contributed by atoms with Crippen molar-refractivity contribution in [3.63, 3.8) is 0 Å². The van der Waals surface area contributed by atoms with Gasteiger partial charge in [-0.05, 0) is 48.9 Å². The second kappa shape index (κ2) is 6.28.